The van der Waals surface area contributed by atoms with Gasteiger partial charge in [-0.15, -0.1) is 0 Å². The Bertz CT molecular complexity index is 482. The quantitative estimate of drug-likeness (QED) is 0.840. The maximum absolute atomic E-state index is 4.31. The van der Waals surface area contributed by atoms with Crippen LogP contribution in [0, 0.1) is 6.92 Å². The SMILES string of the molecule is CNCc1ccccc1Sc1ncc(C)cn1. The molecule has 0 aliphatic carbocycles. The number of hydrogen-bond donors (Lipinski definition) is 1. The lowest BCUT2D eigenvalue weighted by molar-refractivity contribution is 0.802. The number of benzene rings is 1. The van der Waals surface area contributed by atoms with E-state index in [0.29, 0.717) is 0 Å². The lowest BCUT2D eigenvalue weighted by Crippen LogP contribution is -2.05. The highest BCUT2D eigenvalue weighted by molar-refractivity contribution is 7.99. The molecule has 0 amide bonds. The normalized spacial score (nSPS) is 10.5. The van der Waals surface area contributed by atoms with Gasteiger partial charge in [0.2, 0.25) is 0 Å². The van der Waals surface area contributed by atoms with Crippen molar-refractivity contribution in [2.45, 2.75) is 23.5 Å². The maximum atomic E-state index is 4.31. The lowest BCUT2D eigenvalue weighted by atomic mass is 10.2. The van der Waals surface area contributed by atoms with Gasteiger partial charge in [-0.25, -0.2) is 9.97 Å². The van der Waals surface area contributed by atoms with E-state index < -0.39 is 0 Å². The molecular weight excluding hydrogens is 230 g/mol. The Morgan fingerprint density at radius 3 is 2.59 bits per heavy atom. The van der Waals surface area contributed by atoms with Crippen molar-refractivity contribution in [3.05, 3.63) is 47.8 Å². The molecule has 0 atom stereocenters. The van der Waals surface area contributed by atoms with Gasteiger partial charge in [0.1, 0.15) is 0 Å². The molecular formula is C13H15N3S. The Kier molecular flexibility index (Phi) is 4.12. The van der Waals surface area contributed by atoms with Crippen molar-refractivity contribution in [3.63, 3.8) is 0 Å². The minimum atomic E-state index is 0.791. The third-order valence-electron chi connectivity index (χ3n) is 2.30. The summed E-state index contributed by atoms with van der Waals surface area (Å²) in [4.78, 5) is 9.81. The molecule has 2 rings (SSSR count). The smallest absolute Gasteiger partial charge is 0.192 e. The van der Waals surface area contributed by atoms with Crippen LogP contribution in [0.3, 0.4) is 0 Å². The molecule has 1 aromatic carbocycles. The first-order valence-electron chi connectivity index (χ1n) is 5.48. The van der Waals surface area contributed by atoms with Crippen LogP contribution >= 0.6 is 11.8 Å². The second-order valence-corrected chi connectivity index (χ2v) is 4.79. The molecule has 88 valence electrons. The zero-order chi connectivity index (χ0) is 12.1. The van der Waals surface area contributed by atoms with Crippen molar-refractivity contribution >= 4 is 11.8 Å². The van der Waals surface area contributed by atoms with Crippen molar-refractivity contribution in [3.8, 4) is 0 Å². The second kappa shape index (κ2) is 5.80. The van der Waals surface area contributed by atoms with Crippen molar-refractivity contribution in [1.29, 1.82) is 0 Å². The first kappa shape index (κ1) is 12.1. The van der Waals surface area contributed by atoms with Crippen LogP contribution in [0.4, 0.5) is 0 Å². The summed E-state index contributed by atoms with van der Waals surface area (Å²) in [6.07, 6.45) is 3.69. The number of nitrogens with zero attached hydrogens (tertiary/aromatic N) is 2. The van der Waals surface area contributed by atoms with Gasteiger partial charge in [-0.3, -0.25) is 0 Å². The van der Waals surface area contributed by atoms with Crippen molar-refractivity contribution in [1.82, 2.24) is 15.3 Å². The summed E-state index contributed by atoms with van der Waals surface area (Å²) in [7, 11) is 1.95. The molecule has 1 N–H and O–H groups in total. The highest BCUT2D eigenvalue weighted by Gasteiger charge is 2.04. The van der Waals surface area contributed by atoms with Crippen molar-refractivity contribution in [2.75, 3.05) is 7.05 Å². The van der Waals surface area contributed by atoms with Gasteiger partial charge in [0, 0.05) is 23.8 Å². The Hall–Kier alpha value is -1.39. The van der Waals surface area contributed by atoms with Gasteiger partial charge in [-0.1, -0.05) is 18.2 Å². The molecule has 0 aliphatic rings. The third kappa shape index (κ3) is 3.28. The van der Waals surface area contributed by atoms with Crippen LogP contribution < -0.4 is 5.32 Å². The van der Waals surface area contributed by atoms with E-state index in [4.69, 9.17) is 0 Å². The van der Waals surface area contributed by atoms with Gasteiger partial charge in [-0.05, 0) is 42.9 Å². The van der Waals surface area contributed by atoms with E-state index in [1.54, 1.807) is 11.8 Å². The van der Waals surface area contributed by atoms with E-state index in [9.17, 15) is 0 Å². The zero-order valence-corrected chi connectivity index (χ0v) is 10.8. The summed E-state index contributed by atoms with van der Waals surface area (Å²) in [5.41, 5.74) is 2.35. The maximum Gasteiger partial charge on any atom is 0.192 e. The van der Waals surface area contributed by atoms with Crippen LogP contribution in [0.1, 0.15) is 11.1 Å². The van der Waals surface area contributed by atoms with Crippen LogP contribution in [0.2, 0.25) is 0 Å². The molecule has 0 bridgehead atoms. The fourth-order valence-corrected chi connectivity index (χ4v) is 2.30. The minimum absolute atomic E-state index is 0.791. The minimum Gasteiger partial charge on any atom is -0.316 e. The van der Waals surface area contributed by atoms with Crippen LogP contribution in [-0.2, 0) is 6.54 Å². The van der Waals surface area contributed by atoms with Crippen LogP contribution in [0.5, 0.6) is 0 Å². The average Bonchev–Trinajstić information content (AvgIpc) is 2.35. The van der Waals surface area contributed by atoms with Gasteiger partial charge in [0.05, 0.1) is 0 Å². The molecule has 0 aliphatic heterocycles. The largest absolute Gasteiger partial charge is 0.316 e. The van der Waals surface area contributed by atoms with Crippen LogP contribution in [0.15, 0.2) is 46.7 Å². The second-order valence-electron chi connectivity index (χ2n) is 3.78. The van der Waals surface area contributed by atoms with Gasteiger partial charge >= 0.3 is 0 Å². The van der Waals surface area contributed by atoms with Gasteiger partial charge in [0.15, 0.2) is 5.16 Å². The van der Waals surface area contributed by atoms with Crippen molar-refractivity contribution in [2.24, 2.45) is 0 Å². The molecule has 0 saturated heterocycles. The predicted molar refractivity (Wildman–Crippen MR) is 70.1 cm³/mol. The standard InChI is InChI=1S/C13H15N3S/c1-10-7-15-13(16-8-10)17-12-6-4-3-5-11(12)9-14-2/h3-8,14H,9H2,1-2H3. The van der Waals surface area contributed by atoms with E-state index in [0.717, 1.165) is 17.3 Å². The fraction of sp³-hybridized carbons (Fsp3) is 0.231. The summed E-state index contributed by atoms with van der Waals surface area (Å²) >= 11 is 1.60. The van der Waals surface area contributed by atoms with Crippen LogP contribution in [-0.4, -0.2) is 17.0 Å². The number of aryl methyl sites for hydroxylation is 1. The molecule has 0 saturated carbocycles. The Balaban J connectivity index is 2.20. The zero-order valence-electron chi connectivity index (χ0n) is 9.97. The number of rotatable bonds is 4. The Labute approximate surface area is 106 Å². The van der Waals surface area contributed by atoms with E-state index in [1.807, 2.05) is 38.5 Å². The molecule has 4 heteroatoms. The first-order chi connectivity index (χ1) is 8.29. The number of nitrogens with one attached hydrogen (secondary N) is 1. The topological polar surface area (TPSA) is 37.8 Å². The molecule has 0 fully saturated rings. The van der Waals surface area contributed by atoms with Crippen LogP contribution in [0.25, 0.3) is 0 Å². The van der Waals surface area contributed by atoms with E-state index in [1.165, 1.54) is 10.5 Å². The molecule has 1 heterocycles. The molecule has 3 nitrogen and oxygen atoms in total. The van der Waals surface area contributed by atoms with E-state index in [-0.39, 0.29) is 0 Å². The first-order valence-corrected chi connectivity index (χ1v) is 6.30. The van der Waals surface area contributed by atoms with E-state index in [2.05, 4.69) is 27.4 Å². The lowest BCUT2D eigenvalue weighted by Gasteiger charge is -2.07. The monoisotopic (exact) mass is 245 g/mol. The molecule has 0 unspecified atom stereocenters. The third-order valence-corrected chi connectivity index (χ3v) is 3.31. The van der Waals surface area contributed by atoms with Gasteiger partial charge in [0.25, 0.3) is 0 Å². The molecule has 1 aromatic heterocycles. The Morgan fingerprint density at radius 1 is 1.18 bits per heavy atom. The summed E-state index contributed by atoms with van der Waals surface area (Å²) in [5, 5.41) is 3.96. The predicted octanol–water partition coefficient (Wildman–Crippen LogP) is 2.66. The van der Waals surface area contributed by atoms with Gasteiger partial charge in [-0.2, -0.15) is 0 Å². The highest BCUT2D eigenvalue weighted by Crippen LogP contribution is 2.27. The van der Waals surface area contributed by atoms with Gasteiger partial charge < -0.3 is 5.32 Å². The number of hydrogen-bond acceptors (Lipinski definition) is 4. The van der Waals surface area contributed by atoms with E-state index >= 15 is 0 Å². The molecule has 17 heavy (non-hydrogen) atoms. The summed E-state index contributed by atoms with van der Waals surface area (Å²) in [6, 6.07) is 8.30. The number of aromatic nitrogens is 2. The summed E-state index contributed by atoms with van der Waals surface area (Å²) in [5.74, 6) is 0. The average molecular weight is 245 g/mol. The Morgan fingerprint density at radius 2 is 1.88 bits per heavy atom. The molecule has 0 radical (unpaired) electrons. The van der Waals surface area contributed by atoms with Crippen molar-refractivity contribution < 1.29 is 0 Å². The summed E-state index contributed by atoms with van der Waals surface area (Å²) < 4.78 is 0. The summed E-state index contributed by atoms with van der Waals surface area (Å²) in [6.45, 7) is 2.85. The fourth-order valence-electron chi connectivity index (χ4n) is 1.47. The molecule has 2 aromatic rings. The highest BCUT2D eigenvalue weighted by atomic mass is 32.2. The molecule has 0 spiro atoms.